The van der Waals surface area contributed by atoms with Crippen LogP contribution in [-0.2, 0) is 0 Å². The second-order valence-corrected chi connectivity index (χ2v) is 6.02. The Hall–Kier alpha value is -3.13. The smallest absolute Gasteiger partial charge is 0.314 e. The summed E-state index contributed by atoms with van der Waals surface area (Å²) in [6, 6.07) is 8.38. The topological polar surface area (TPSA) is 112 Å². The van der Waals surface area contributed by atoms with Crippen molar-refractivity contribution < 1.29 is 14.1 Å². The molecular formula is C17H19N4O4+. The summed E-state index contributed by atoms with van der Waals surface area (Å²) in [7, 11) is 3.97. The Kier molecular flexibility index (Phi) is 4.53. The van der Waals surface area contributed by atoms with Crippen molar-refractivity contribution in [2.45, 2.75) is 6.04 Å². The molecule has 0 radical (unpaired) electrons. The zero-order valence-electron chi connectivity index (χ0n) is 13.9. The van der Waals surface area contributed by atoms with Gasteiger partial charge in [0.25, 0.3) is 5.91 Å². The summed E-state index contributed by atoms with van der Waals surface area (Å²) in [5.41, 5.74) is -0.216. The number of aromatic nitrogens is 2. The number of benzene rings is 1. The molecule has 1 atom stereocenters. The molecule has 0 aliphatic heterocycles. The molecule has 0 spiro atoms. The Morgan fingerprint density at radius 3 is 2.52 bits per heavy atom. The standard InChI is InChI=1S/C17H18N4O4/c1-21(2)13(14-4-3-7-25-14)9-18-15(22)10-5-6-11-12(8-10)20-17(24)16(23)19-11/h3-8,13H,9H2,1-2H3,(H,18,22)(H,19,23)(H,20,24)/p+1/t13-/m0/s1. The number of fused-ring (bicyclic) bond motifs is 1. The van der Waals surface area contributed by atoms with Gasteiger partial charge in [0.1, 0.15) is 0 Å². The molecule has 2 heterocycles. The summed E-state index contributed by atoms with van der Waals surface area (Å²) in [5, 5.41) is 2.88. The van der Waals surface area contributed by atoms with E-state index in [-0.39, 0.29) is 11.9 Å². The first-order valence-corrected chi connectivity index (χ1v) is 7.83. The maximum absolute atomic E-state index is 12.4. The first-order chi connectivity index (χ1) is 12.0. The molecule has 0 saturated heterocycles. The lowest BCUT2D eigenvalue weighted by molar-refractivity contribution is -0.891. The number of rotatable bonds is 5. The lowest BCUT2D eigenvalue weighted by Gasteiger charge is -2.19. The predicted octanol–water partition coefficient (Wildman–Crippen LogP) is -0.575. The van der Waals surface area contributed by atoms with Crippen molar-refractivity contribution in [3.8, 4) is 0 Å². The first kappa shape index (κ1) is 16.7. The maximum Gasteiger partial charge on any atom is 0.314 e. The number of furan rings is 1. The van der Waals surface area contributed by atoms with Crippen molar-refractivity contribution in [3.05, 3.63) is 68.6 Å². The Morgan fingerprint density at radius 1 is 1.16 bits per heavy atom. The third-order valence-electron chi connectivity index (χ3n) is 4.03. The van der Waals surface area contributed by atoms with E-state index < -0.39 is 11.1 Å². The molecule has 2 aromatic heterocycles. The van der Waals surface area contributed by atoms with E-state index in [1.807, 2.05) is 26.2 Å². The van der Waals surface area contributed by atoms with Gasteiger partial charge in [-0.3, -0.25) is 14.4 Å². The number of likely N-dealkylation sites (N-methyl/N-ethyl adjacent to an activating group) is 1. The molecule has 3 rings (SSSR count). The zero-order valence-corrected chi connectivity index (χ0v) is 13.9. The number of aromatic amines is 2. The molecule has 1 amide bonds. The number of nitrogens with one attached hydrogen (secondary N) is 4. The Morgan fingerprint density at radius 2 is 1.88 bits per heavy atom. The van der Waals surface area contributed by atoms with E-state index >= 15 is 0 Å². The third-order valence-corrected chi connectivity index (χ3v) is 4.03. The highest BCUT2D eigenvalue weighted by Gasteiger charge is 2.21. The van der Waals surface area contributed by atoms with Crippen LogP contribution in [0, 0.1) is 0 Å². The maximum atomic E-state index is 12.4. The van der Waals surface area contributed by atoms with Gasteiger partial charge in [0.05, 0.1) is 37.9 Å². The van der Waals surface area contributed by atoms with Crippen molar-refractivity contribution in [2.24, 2.45) is 0 Å². The molecule has 25 heavy (non-hydrogen) atoms. The lowest BCUT2D eigenvalue weighted by atomic mass is 10.1. The number of amides is 1. The van der Waals surface area contributed by atoms with E-state index in [0.717, 1.165) is 10.7 Å². The third kappa shape index (κ3) is 3.53. The fourth-order valence-electron chi connectivity index (χ4n) is 2.63. The van der Waals surface area contributed by atoms with Gasteiger partial charge in [-0.15, -0.1) is 0 Å². The van der Waals surface area contributed by atoms with Crippen molar-refractivity contribution in [2.75, 3.05) is 20.6 Å². The van der Waals surface area contributed by atoms with Crippen LogP contribution in [0.25, 0.3) is 11.0 Å². The highest BCUT2D eigenvalue weighted by Crippen LogP contribution is 2.11. The molecule has 130 valence electrons. The van der Waals surface area contributed by atoms with Gasteiger partial charge in [0.2, 0.25) is 0 Å². The Balaban J connectivity index is 1.79. The largest absolute Gasteiger partial charge is 0.463 e. The molecule has 3 aromatic rings. The van der Waals surface area contributed by atoms with Crippen molar-refractivity contribution in [1.29, 1.82) is 0 Å². The highest BCUT2D eigenvalue weighted by molar-refractivity contribution is 5.97. The van der Waals surface area contributed by atoms with E-state index in [0.29, 0.717) is 23.1 Å². The van der Waals surface area contributed by atoms with Crippen LogP contribution in [0.3, 0.4) is 0 Å². The van der Waals surface area contributed by atoms with Crippen LogP contribution in [0.15, 0.2) is 50.6 Å². The lowest BCUT2D eigenvalue weighted by Crippen LogP contribution is -3.07. The molecule has 1 aromatic carbocycles. The fraction of sp³-hybridized carbons (Fsp3) is 0.235. The minimum Gasteiger partial charge on any atom is -0.463 e. The van der Waals surface area contributed by atoms with Crippen LogP contribution in [0.4, 0.5) is 0 Å². The Bertz CT molecular complexity index is 1000. The highest BCUT2D eigenvalue weighted by atomic mass is 16.3. The summed E-state index contributed by atoms with van der Waals surface area (Å²) in [6.45, 7) is 0.398. The molecule has 0 aliphatic rings. The first-order valence-electron chi connectivity index (χ1n) is 7.83. The summed E-state index contributed by atoms with van der Waals surface area (Å²) >= 11 is 0. The summed E-state index contributed by atoms with van der Waals surface area (Å²) in [5.74, 6) is 0.521. The average molecular weight is 343 g/mol. The van der Waals surface area contributed by atoms with Crippen molar-refractivity contribution >= 4 is 16.9 Å². The van der Waals surface area contributed by atoms with Crippen LogP contribution in [0.2, 0.25) is 0 Å². The molecular weight excluding hydrogens is 324 g/mol. The molecule has 0 bridgehead atoms. The summed E-state index contributed by atoms with van der Waals surface area (Å²) < 4.78 is 5.43. The SMILES string of the molecule is C[NH+](C)[C@@H](CNC(=O)c1ccc2[nH]c(=O)c(=O)[nH]c2c1)c1ccco1. The zero-order chi connectivity index (χ0) is 18.0. The number of hydrogen-bond acceptors (Lipinski definition) is 4. The van der Waals surface area contributed by atoms with Gasteiger partial charge in [-0.2, -0.15) is 0 Å². The minimum atomic E-state index is -0.751. The number of quaternary nitrogens is 1. The van der Waals surface area contributed by atoms with Gasteiger partial charge in [-0.1, -0.05) is 0 Å². The average Bonchev–Trinajstić information content (AvgIpc) is 3.09. The number of carbonyl (C=O) groups excluding carboxylic acids is 1. The molecule has 0 unspecified atom stereocenters. The quantitative estimate of drug-likeness (QED) is 0.465. The molecule has 0 saturated carbocycles. The van der Waals surface area contributed by atoms with Gasteiger partial charge >= 0.3 is 11.1 Å². The second kappa shape index (κ2) is 6.78. The van der Waals surface area contributed by atoms with Gasteiger partial charge in [-0.05, 0) is 30.3 Å². The van der Waals surface area contributed by atoms with Gasteiger partial charge in [0.15, 0.2) is 11.8 Å². The minimum absolute atomic E-state index is 0.0180. The number of carbonyl (C=O) groups is 1. The van der Waals surface area contributed by atoms with Crippen molar-refractivity contribution in [3.63, 3.8) is 0 Å². The monoisotopic (exact) mass is 343 g/mol. The summed E-state index contributed by atoms with van der Waals surface area (Å²) in [4.78, 5) is 41.2. The van der Waals surface area contributed by atoms with Crippen LogP contribution >= 0.6 is 0 Å². The van der Waals surface area contributed by atoms with Crippen LogP contribution in [0.5, 0.6) is 0 Å². The van der Waals surface area contributed by atoms with Gasteiger partial charge in [0, 0.05) is 5.56 Å². The van der Waals surface area contributed by atoms with Gasteiger partial charge in [-0.25, -0.2) is 0 Å². The van der Waals surface area contributed by atoms with E-state index in [4.69, 9.17) is 4.42 Å². The molecule has 8 heteroatoms. The van der Waals surface area contributed by atoms with E-state index in [1.165, 1.54) is 6.07 Å². The Labute approximate surface area is 142 Å². The summed E-state index contributed by atoms with van der Waals surface area (Å²) in [6.07, 6.45) is 1.60. The van der Waals surface area contributed by atoms with Crippen LogP contribution in [-0.4, -0.2) is 36.5 Å². The molecule has 0 fully saturated rings. The molecule has 0 aliphatic carbocycles. The van der Waals surface area contributed by atoms with E-state index in [1.54, 1.807) is 18.4 Å². The van der Waals surface area contributed by atoms with Crippen LogP contribution in [0.1, 0.15) is 22.2 Å². The predicted molar refractivity (Wildman–Crippen MR) is 91.8 cm³/mol. The molecule has 8 nitrogen and oxygen atoms in total. The van der Waals surface area contributed by atoms with E-state index in [2.05, 4.69) is 15.3 Å². The number of H-pyrrole nitrogens is 2. The normalized spacial score (nSPS) is 12.4. The van der Waals surface area contributed by atoms with Gasteiger partial charge < -0.3 is 24.6 Å². The van der Waals surface area contributed by atoms with Crippen LogP contribution < -0.4 is 21.3 Å². The number of hydrogen-bond donors (Lipinski definition) is 4. The second-order valence-electron chi connectivity index (χ2n) is 6.02. The van der Waals surface area contributed by atoms with E-state index in [9.17, 15) is 14.4 Å². The fourth-order valence-corrected chi connectivity index (χ4v) is 2.63. The molecule has 4 N–H and O–H groups in total. The van der Waals surface area contributed by atoms with Crippen molar-refractivity contribution in [1.82, 2.24) is 15.3 Å².